The molecule has 0 aromatic heterocycles. The number of carbonyl (C=O) groups is 1. The van der Waals surface area contributed by atoms with Gasteiger partial charge in [-0.3, -0.25) is 4.90 Å². The van der Waals surface area contributed by atoms with Crippen molar-refractivity contribution in [3.05, 3.63) is 70.2 Å². The van der Waals surface area contributed by atoms with Crippen LogP contribution >= 0.6 is 11.6 Å². The van der Waals surface area contributed by atoms with E-state index >= 15 is 0 Å². The number of urea groups is 1. The van der Waals surface area contributed by atoms with Crippen LogP contribution in [-0.4, -0.2) is 37.2 Å². The summed E-state index contributed by atoms with van der Waals surface area (Å²) in [5.41, 5.74) is 3.35. The lowest BCUT2D eigenvalue weighted by molar-refractivity contribution is 0.0341. The molecule has 2 aromatic carbocycles. The van der Waals surface area contributed by atoms with Gasteiger partial charge in [0.15, 0.2) is 0 Å². The molecule has 2 amide bonds. The third-order valence-corrected chi connectivity index (χ3v) is 4.99. The van der Waals surface area contributed by atoms with Crippen molar-refractivity contribution in [2.45, 2.75) is 26.1 Å². The van der Waals surface area contributed by atoms with E-state index in [0.29, 0.717) is 11.6 Å². The van der Waals surface area contributed by atoms with Crippen molar-refractivity contribution in [2.75, 3.05) is 26.3 Å². The van der Waals surface area contributed by atoms with Crippen molar-refractivity contribution in [1.29, 1.82) is 0 Å². The first kappa shape index (κ1) is 19.7. The molecule has 2 N–H and O–H groups in total. The largest absolute Gasteiger partial charge is 0.379 e. The number of morpholine rings is 1. The average Bonchev–Trinajstić information content (AvgIpc) is 2.68. The Labute approximate surface area is 165 Å². The lowest BCUT2D eigenvalue weighted by Gasteiger charge is -2.27. The van der Waals surface area contributed by atoms with E-state index in [4.69, 9.17) is 16.3 Å². The minimum Gasteiger partial charge on any atom is -0.379 e. The van der Waals surface area contributed by atoms with Crippen molar-refractivity contribution >= 4 is 17.6 Å². The van der Waals surface area contributed by atoms with E-state index in [0.717, 1.165) is 44.0 Å². The molecule has 0 saturated carbocycles. The van der Waals surface area contributed by atoms with Gasteiger partial charge in [0.1, 0.15) is 0 Å². The van der Waals surface area contributed by atoms with Crippen molar-refractivity contribution in [1.82, 2.24) is 15.5 Å². The number of hydrogen-bond donors (Lipinski definition) is 2. The van der Waals surface area contributed by atoms with Crippen molar-refractivity contribution in [3.63, 3.8) is 0 Å². The summed E-state index contributed by atoms with van der Waals surface area (Å²) >= 11 is 6.02. The number of nitrogens with zero attached hydrogens (tertiary/aromatic N) is 1. The molecule has 144 valence electrons. The van der Waals surface area contributed by atoms with Gasteiger partial charge in [0.2, 0.25) is 0 Å². The predicted octanol–water partition coefficient (Wildman–Crippen LogP) is 3.73. The zero-order valence-electron chi connectivity index (χ0n) is 15.6. The summed E-state index contributed by atoms with van der Waals surface area (Å²) in [6.45, 7) is 6.77. The maximum Gasteiger partial charge on any atom is 0.315 e. The fourth-order valence-corrected chi connectivity index (χ4v) is 3.37. The van der Waals surface area contributed by atoms with Crippen LogP contribution in [0.25, 0.3) is 0 Å². The van der Waals surface area contributed by atoms with Crippen LogP contribution in [0.15, 0.2) is 48.5 Å². The van der Waals surface area contributed by atoms with E-state index in [-0.39, 0.29) is 12.1 Å². The van der Waals surface area contributed by atoms with Gasteiger partial charge in [-0.1, -0.05) is 48.0 Å². The highest BCUT2D eigenvalue weighted by Gasteiger charge is 2.14. The van der Waals surface area contributed by atoms with Crippen LogP contribution in [-0.2, 0) is 17.8 Å². The van der Waals surface area contributed by atoms with Crippen LogP contribution in [0.3, 0.4) is 0 Å². The van der Waals surface area contributed by atoms with Gasteiger partial charge in [0.25, 0.3) is 0 Å². The number of nitrogens with one attached hydrogen (secondary N) is 2. The highest BCUT2D eigenvalue weighted by molar-refractivity contribution is 6.30. The lowest BCUT2D eigenvalue weighted by Crippen LogP contribution is -2.37. The number of halogens is 1. The lowest BCUT2D eigenvalue weighted by atomic mass is 10.1. The van der Waals surface area contributed by atoms with E-state index in [1.165, 1.54) is 5.56 Å². The molecule has 0 radical (unpaired) electrons. The molecule has 3 rings (SSSR count). The second-order valence-corrected chi connectivity index (χ2v) is 7.20. The van der Waals surface area contributed by atoms with Crippen LogP contribution in [0.4, 0.5) is 4.79 Å². The van der Waals surface area contributed by atoms with E-state index in [9.17, 15) is 4.79 Å². The minimum atomic E-state index is -0.191. The summed E-state index contributed by atoms with van der Waals surface area (Å²) in [6, 6.07) is 15.5. The van der Waals surface area contributed by atoms with E-state index < -0.39 is 0 Å². The SMILES string of the molecule is CC(NC(=O)NCc1ccccc1CN1CCOCC1)c1cccc(Cl)c1. The first-order valence-corrected chi connectivity index (χ1v) is 9.66. The van der Waals surface area contributed by atoms with Gasteiger partial charge in [-0.2, -0.15) is 0 Å². The monoisotopic (exact) mass is 387 g/mol. The maximum absolute atomic E-state index is 12.3. The van der Waals surface area contributed by atoms with E-state index in [2.05, 4.69) is 27.7 Å². The molecule has 5 nitrogen and oxygen atoms in total. The fraction of sp³-hybridized carbons (Fsp3) is 0.381. The summed E-state index contributed by atoms with van der Waals surface area (Å²) in [6.07, 6.45) is 0. The first-order valence-electron chi connectivity index (χ1n) is 9.28. The molecular formula is C21H26ClN3O2. The normalized spacial score (nSPS) is 15.9. The highest BCUT2D eigenvalue weighted by Crippen LogP contribution is 2.17. The van der Waals surface area contributed by atoms with Crippen LogP contribution in [0.2, 0.25) is 5.02 Å². The van der Waals surface area contributed by atoms with E-state index in [1.807, 2.05) is 43.3 Å². The Kier molecular flexibility index (Phi) is 7.10. The van der Waals surface area contributed by atoms with Crippen molar-refractivity contribution in [3.8, 4) is 0 Å². The molecule has 1 aliphatic rings. The number of rotatable bonds is 6. The second-order valence-electron chi connectivity index (χ2n) is 6.76. The van der Waals surface area contributed by atoms with Gasteiger partial charge in [-0.15, -0.1) is 0 Å². The number of benzene rings is 2. The molecule has 1 aliphatic heterocycles. The van der Waals surface area contributed by atoms with Gasteiger partial charge in [-0.25, -0.2) is 4.79 Å². The Morgan fingerprint density at radius 1 is 1.15 bits per heavy atom. The zero-order chi connectivity index (χ0) is 19.1. The summed E-state index contributed by atoms with van der Waals surface area (Å²) in [5.74, 6) is 0. The molecule has 27 heavy (non-hydrogen) atoms. The Morgan fingerprint density at radius 3 is 2.63 bits per heavy atom. The van der Waals surface area contributed by atoms with Gasteiger partial charge >= 0.3 is 6.03 Å². The number of amides is 2. The number of carbonyl (C=O) groups excluding carboxylic acids is 1. The predicted molar refractivity (Wildman–Crippen MR) is 108 cm³/mol. The van der Waals surface area contributed by atoms with Crippen LogP contribution in [0.5, 0.6) is 0 Å². The summed E-state index contributed by atoms with van der Waals surface area (Å²) in [5, 5.41) is 6.59. The third kappa shape index (κ3) is 5.96. The third-order valence-electron chi connectivity index (χ3n) is 4.75. The molecule has 0 bridgehead atoms. The van der Waals surface area contributed by atoms with Crippen molar-refractivity contribution < 1.29 is 9.53 Å². The van der Waals surface area contributed by atoms with Crippen LogP contribution in [0, 0.1) is 0 Å². The Hall–Kier alpha value is -2.08. The van der Waals surface area contributed by atoms with E-state index in [1.54, 1.807) is 0 Å². The fourth-order valence-electron chi connectivity index (χ4n) is 3.17. The summed E-state index contributed by atoms with van der Waals surface area (Å²) in [7, 11) is 0. The van der Waals surface area contributed by atoms with Crippen molar-refractivity contribution in [2.24, 2.45) is 0 Å². The molecule has 1 unspecified atom stereocenters. The molecule has 1 heterocycles. The molecule has 1 fully saturated rings. The number of hydrogen-bond acceptors (Lipinski definition) is 3. The summed E-state index contributed by atoms with van der Waals surface area (Å²) < 4.78 is 5.41. The average molecular weight is 388 g/mol. The van der Waals surface area contributed by atoms with Crippen LogP contribution < -0.4 is 10.6 Å². The molecule has 6 heteroatoms. The molecular weight excluding hydrogens is 362 g/mol. The molecule has 1 saturated heterocycles. The van der Waals surface area contributed by atoms with Gasteiger partial charge in [0, 0.05) is 31.2 Å². The standard InChI is InChI=1S/C21H26ClN3O2/c1-16(17-7-4-8-20(22)13-17)24-21(26)23-14-18-5-2-3-6-19(18)15-25-9-11-27-12-10-25/h2-8,13,16H,9-12,14-15H2,1H3,(H2,23,24,26). The maximum atomic E-state index is 12.3. The molecule has 1 atom stereocenters. The van der Waals surface area contributed by atoms with Gasteiger partial charge < -0.3 is 15.4 Å². The van der Waals surface area contributed by atoms with Gasteiger partial charge in [-0.05, 0) is 35.7 Å². The second kappa shape index (κ2) is 9.74. The minimum absolute atomic E-state index is 0.118. The number of ether oxygens (including phenoxy) is 1. The summed E-state index contributed by atoms with van der Waals surface area (Å²) in [4.78, 5) is 14.7. The smallest absolute Gasteiger partial charge is 0.315 e. The zero-order valence-corrected chi connectivity index (χ0v) is 16.3. The quantitative estimate of drug-likeness (QED) is 0.794. The molecule has 0 aliphatic carbocycles. The Bertz CT molecular complexity index is 763. The highest BCUT2D eigenvalue weighted by atomic mass is 35.5. The molecule has 0 spiro atoms. The van der Waals surface area contributed by atoms with Crippen LogP contribution in [0.1, 0.15) is 29.7 Å². The first-order chi connectivity index (χ1) is 13.1. The molecule has 2 aromatic rings. The Morgan fingerprint density at radius 2 is 1.89 bits per heavy atom. The van der Waals surface area contributed by atoms with Gasteiger partial charge in [0.05, 0.1) is 19.3 Å². The Balaban J connectivity index is 1.54. The topological polar surface area (TPSA) is 53.6 Å².